The molecule has 0 saturated heterocycles. The lowest BCUT2D eigenvalue weighted by Crippen LogP contribution is -2.43. The molecule has 0 N–H and O–H groups in total. The molecule has 0 heterocycles. The van der Waals surface area contributed by atoms with Crippen molar-refractivity contribution in [3.63, 3.8) is 0 Å². The lowest BCUT2D eigenvalue weighted by atomic mass is 9.63. The second kappa shape index (κ2) is 8.83. The average molecular weight is 429 g/mol. The number of carbonyl (C=O) groups excluding carboxylic acids is 2. The lowest BCUT2D eigenvalue weighted by Gasteiger charge is -2.37. The number of Topliss-reactive ketones (excluding diaryl/α,β-unsaturated/α-hetero) is 2. The molecule has 1 fully saturated rings. The van der Waals surface area contributed by atoms with E-state index in [-0.39, 0.29) is 36.5 Å². The molecule has 2 aromatic carbocycles. The van der Waals surface area contributed by atoms with Crippen LogP contribution >= 0.6 is 0 Å². The van der Waals surface area contributed by atoms with Gasteiger partial charge in [-0.25, -0.2) is 4.39 Å². The molecular formula is C23H24FNO6. The quantitative estimate of drug-likeness (QED) is 0.270. The maximum Gasteiger partial charge on any atom is 0.283 e. The second-order valence-corrected chi connectivity index (χ2v) is 7.69. The number of ketones is 2. The van der Waals surface area contributed by atoms with E-state index in [1.54, 1.807) is 27.2 Å². The van der Waals surface area contributed by atoms with Crippen LogP contribution in [0, 0.1) is 21.3 Å². The van der Waals surface area contributed by atoms with Crippen LogP contribution in [0.4, 0.5) is 10.1 Å². The zero-order chi connectivity index (χ0) is 22.8. The Balaban J connectivity index is 1.93. The zero-order valence-corrected chi connectivity index (χ0v) is 17.6. The van der Waals surface area contributed by atoms with E-state index in [1.165, 1.54) is 0 Å². The number of halogens is 1. The number of methoxy groups -OCH3 is 2. The van der Waals surface area contributed by atoms with E-state index >= 15 is 0 Å². The smallest absolute Gasteiger partial charge is 0.283 e. The highest BCUT2D eigenvalue weighted by Crippen LogP contribution is 2.46. The summed E-state index contributed by atoms with van der Waals surface area (Å²) in [5.74, 6) is -0.618. The van der Waals surface area contributed by atoms with Crippen LogP contribution < -0.4 is 9.47 Å². The highest BCUT2D eigenvalue weighted by Gasteiger charge is 2.49. The molecule has 0 aromatic heterocycles. The van der Waals surface area contributed by atoms with Crippen molar-refractivity contribution < 1.29 is 28.4 Å². The van der Waals surface area contributed by atoms with Crippen molar-refractivity contribution in [2.24, 2.45) is 5.41 Å². The van der Waals surface area contributed by atoms with Gasteiger partial charge in [-0.2, -0.15) is 0 Å². The number of hydrogen-bond acceptors (Lipinski definition) is 6. The van der Waals surface area contributed by atoms with E-state index in [1.807, 2.05) is 12.1 Å². The zero-order valence-electron chi connectivity index (χ0n) is 17.6. The monoisotopic (exact) mass is 429 g/mol. The normalized spacial score (nSPS) is 20.9. The summed E-state index contributed by atoms with van der Waals surface area (Å²) in [6.07, 6.45) is 1.12. The molecule has 2 unspecified atom stereocenters. The van der Waals surface area contributed by atoms with Gasteiger partial charge in [0.05, 0.1) is 36.2 Å². The summed E-state index contributed by atoms with van der Waals surface area (Å²) in [6, 6.07) is 8.23. The van der Waals surface area contributed by atoms with Crippen LogP contribution in [-0.2, 0) is 4.79 Å². The van der Waals surface area contributed by atoms with E-state index < -0.39 is 27.6 Å². The van der Waals surface area contributed by atoms with Crippen molar-refractivity contribution in [1.82, 2.24) is 0 Å². The Hall–Kier alpha value is -3.29. The molecule has 8 heteroatoms. The fourth-order valence-electron chi connectivity index (χ4n) is 4.31. The standard InChI is InChI=1S/C23H24FNO6/c1-4-23(22(27)19-6-5-16(24)12-20(19)25(28)29)8-7-14(11-21(23)26)15-9-17(30-2)13-18(10-15)31-3/h5-6,9-10,12-14H,4,7-8,11H2,1-3H3. The van der Waals surface area contributed by atoms with Crippen molar-refractivity contribution in [2.45, 2.75) is 38.5 Å². The Morgan fingerprint density at radius 3 is 2.35 bits per heavy atom. The fourth-order valence-corrected chi connectivity index (χ4v) is 4.31. The number of hydrogen-bond donors (Lipinski definition) is 0. The van der Waals surface area contributed by atoms with Crippen LogP contribution in [0.2, 0.25) is 0 Å². The Morgan fingerprint density at radius 2 is 1.84 bits per heavy atom. The van der Waals surface area contributed by atoms with Gasteiger partial charge in [0.1, 0.15) is 23.1 Å². The summed E-state index contributed by atoms with van der Waals surface area (Å²) in [6.45, 7) is 1.72. The van der Waals surface area contributed by atoms with Crippen LogP contribution in [0.3, 0.4) is 0 Å². The third-order valence-electron chi connectivity index (χ3n) is 6.17. The van der Waals surface area contributed by atoms with Crippen molar-refractivity contribution >= 4 is 17.3 Å². The summed E-state index contributed by atoms with van der Waals surface area (Å²) in [5, 5.41) is 11.4. The molecule has 0 radical (unpaired) electrons. The molecule has 31 heavy (non-hydrogen) atoms. The molecular weight excluding hydrogens is 405 g/mol. The predicted molar refractivity (Wildman–Crippen MR) is 111 cm³/mol. The van der Waals surface area contributed by atoms with E-state index in [0.717, 1.165) is 23.8 Å². The van der Waals surface area contributed by atoms with Gasteiger partial charge in [0.25, 0.3) is 5.69 Å². The van der Waals surface area contributed by atoms with Crippen LogP contribution in [0.5, 0.6) is 11.5 Å². The third kappa shape index (κ3) is 4.15. The highest BCUT2D eigenvalue weighted by atomic mass is 19.1. The number of nitro benzene ring substituents is 1. The molecule has 1 saturated carbocycles. The number of benzene rings is 2. The van der Waals surface area contributed by atoms with Crippen LogP contribution in [0.15, 0.2) is 36.4 Å². The minimum Gasteiger partial charge on any atom is -0.497 e. The molecule has 2 atom stereocenters. The molecule has 0 aliphatic heterocycles. The van der Waals surface area contributed by atoms with Gasteiger partial charge in [0.2, 0.25) is 0 Å². The first-order valence-corrected chi connectivity index (χ1v) is 10.0. The van der Waals surface area contributed by atoms with Gasteiger partial charge in [0.15, 0.2) is 5.78 Å². The van der Waals surface area contributed by atoms with Crippen molar-refractivity contribution in [2.75, 3.05) is 14.2 Å². The van der Waals surface area contributed by atoms with Gasteiger partial charge in [-0.1, -0.05) is 6.92 Å². The Morgan fingerprint density at radius 1 is 1.19 bits per heavy atom. The lowest BCUT2D eigenvalue weighted by molar-refractivity contribution is -0.385. The summed E-state index contributed by atoms with van der Waals surface area (Å²) in [4.78, 5) is 37.2. The Kier molecular flexibility index (Phi) is 6.38. The molecule has 7 nitrogen and oxygen atoms in total. The third-order valence-corrected chi connectivity index (χ3v) is 6.17. The minimum absolute atomic E-state index is 0.116. The number of nitro groups is 1. The maximum absolute atomic E-state index is 13.5. The van der Waals surface area contributed by atoms with Crippen molar-refractivity contribution in [3.05, 3.63) is 63.5 Å². The molecule has 164 valence electrons. The average Bonchev–Trinajstić information content (AvgIpc) is 2.78. The summed E-state index contributed by atoms with van der Waals surface area (Å²) in [7, 11) is 3.09. The number of ether oxygens (including phenoxy) is 2. The van der Waals surface area contributed by atoms with E-state index in [4.69, 9.17) is 9.47 Å². The Bertz CT molecular complexity index is 1010. The van der Waals surface area contributed by atoms with Gasteiger partial charge in [-0.05, 0) is 55.0 Å². The molecule has 0 spiro atoms. The first-order chi connectivity index (χ1) is 14.7. The fraction of sp³-hybridized carbons (Fsp3) is 0.391. The van der Waals surface area contributed by atoms with E-state index in [0.29, 0.717) is 17.9 Å². The summed E-state index contributed by atoms with van der Waals surface area (Å²) in [5.41, 5.74) is -1.34. The first-order valence-electron chi connectivity index (χ1n) is 10.0. The summed E-state index contributed by atoms with van der Waals surface area (Å²) >= 11 is 0. The molecule has 2 aromatic rings. The first kappa shape index (κ1) is 22.4. The van der Waals surface area contributed by atoms with Crippen molar-refractivity contribution in [1.29, 1.82) is 0 Å². The van der Waals surface area contributed by atoms with Gasteiger partial charge < -0.3 is 9.47 Å². The largest absolute Gasteiger partial charge is 0.497 e. The van der Waals surface area contributed by atoms with Crippen LogP contribution in [-0.4, -0.2) is 30.7 Å². The van der Waals surface area contributed by atoms with E-state index in [2.05, 4.69) is 0 Å². The van der Waals surface area contributed by atoms with Gasteiger partial charge >= 0.3 is 0 Å². The van der Waals surface area contributed by atoms with Crippen LogP contribution in [0.25, 0.3) is 0 Å². The predicted octanol–water partition coefficient (Wildman–Crippen LogP) is 4.87. The number of rotatable bonds is 7. The number of nitrogens with zero attached hydrogens (tertiary/aromatic N) is 1. The topological polar surface area (TPSA) is 95.7 Å². The van der Waals surface area contributed by atoms with Crippen LogP contribution in [0.1, 0.15) is 54.4 Å². The number of carbonyl (C=O) groups is 2. The molecule has 0 bridgehead atoms. The van der Waals surface area contributed by atoms with Gasteiger partial charge in [-0.15, -0.1) is 0 Å². The van der Waals surface area contributed by atoms with Crippen molar-refractivity contribution in [3.8, 4) is 11.5 Å². The second-order valence-electron chi connectivity index (χ2n) is 7.69. The van der Waals surface area contributed by atoms with Gasteiger partial charge in [0, 0.05) is 12.5 Å². The molecule has 1 aliphatic rings. The molecule has 0 amide bonds. The SMILES string of the molecule is CCC1(C(=O)c2ccc(F)cc2[N+](=O)[O-])CCC(c2cc(OC)cc(OC)c2)CC1=O. The molecule has 3 rings (SSSR count). The summed E-state index contributed by atoms with van der Waals surface area (Å²) < 4.78 is 24.1. The minimum atomic E-state index is -1.36. The molecule has 1 aliphatic carbocycles. The van der Waals surface area contributed by atoms with E-state index in [9.17, 15) is 24.1 Å². The maximum atomic E-state index is 13.5. The van der Waals surface area contributed by atoms with Gasteiger partial charge in [-0.3, -0.25) is 19.7 Å². The highest BCUT2D eigenvalue weighted by molar-refractivity contribution is 6.16. The Labute approximate surface area is 179 Å².